The predicted molar refractivity (Wildman–Crippen MR) is 176 cm³/mol. The van der Waals surface area contributed by atoms with Crippen molar-refractivity contribution in [1.82, 2.24) is 0 Å². The van der Waals surface area contributed by atoms with Crippen LogP contribution in [-0.2, 0) is 18.9 Å². The highest BCUT2D eigenvalue weighted by molar-refractivity contribution is 5.66. The van der Waals surface area contributed by atoms with Gasteiger partial charge in [0.2, 0.25) is 0 Å². The van der Waals surface area contributed by atoms with Crippen LogP contribution in [-0.4, -0.2) is 38.0 Å². The van der Waals surface area contributed by atoms with Crippen LogP contribution in [0.5, 0.6) is 0 Å². The van der Waals surface area contributed by atoms with E-state index in [9.17, 15) is 26.3 Å². The van der Waals surface area contributed by atoms with Crippen molar-refractivity contribution in [3.05, 3.63) is 76.4 Å². The van der Waals surface area contributed by atoms with Crippen LogP contribution < -0.4 is 0 Å². The van der Waals surface area contributed by atoms with Gasteiger partial charge in [0.15, 0.2) is 46.5 Å². The summed E-state index contributed by atoms with van der Waals surface area (Å²) < 4.78 is 103. The summed E-state index contributed by atoms with van der Waals surface area (Å²) in [5, 5.41) is 0. The molecule has 0 bridgehead atoms. The van der Waals surface area contributed by atoms with Gasteiger partial charge in [-0.1, -0.05) is 6.08 Å². The lowest BCUT2D eigenvalue weighted by atomic mass is 9.69. The van der Waals surface area contributed by atoms with Crippen molar-refractivity contribution >= 4 is 5.57 Å². The number of rotatable bonds is 4. The molecule has 2 saturated heterocycles. The number of benzene rings is 2. The van der Waals surface area contributed by atoms with E-state index in [1.54, 1.807) is 0 Å². The SMILES string of the molecule is Fc1cc(C2=CCC(C3CCC4(CC3)OCCO4)CC2)cc(F)c1F.Fc1cc(C2CCC(C3CCC4(CC3)OCCO4)CC2)cc(F)c1F. The average molecular weight is 707 g/mol. The van der Waals surface area contributed by atoms with Gasteiger partial charge in [-0.05, 0) is 141 Å². The Kier molecular flexibility index (Phi) is 11.0. The highest BCUT2D eigenvalue weighted by atomic mass is 19.2. The maximum absolute atomic E-state index is 13.5. The quantitative estimate of drug-likeness (QED) is 0.234. The maximum Gasteiger partial charge on any atom is 0.194 e. The fourth-order valence-corrected chi connectivity index (χ4v) is 9.69. The van der Waals surface area contributed by atoms with Gasteiger partial charge in [0, 0.05) is 25.7 Å². The van der Waals surface area contributed by atoms with E-state index < -0.39 is 34.9 Å². The maximum atomic E-state index is 13.5. The Hall–Kier alpha value is -2.40. The molecule has 3 saturated carbocycles. The molecule has 2 aliphatic heterocycles. The molecule has 4 aliphatic carbocycles. The number of hydrogen-bond acceptors (Lipinski definition) is 4. The van der Waals surface area contributed by atoms with Crippen LogP contribution in [0.15, 0.2) is 30.3 Å². The van der Waals surface area contributed by atoms with Crippen LogP contribution in [0.3, 0.4) is 0 Å². The van der Waals surface area contributed by atoms with Crippen LogP contribution >= 0.6 is 0 Å². The fraction of sp³-hybridized carbons (Fsp3) is 0.650. The molecule has 0 amide bonds. The molecule has 2 aromatic carbocycles. The van der Waals surface area contributed by atoms with Gasteiger partial charge in [0.1, 0.15) is 0 Å². The molecule has 8 rings (SSSR count). The summed E-state index contributed by atoms with van der Waals surface area (Å²) in [6.45, 7) is 2.82. The summed E-state index contributed by atoms with van der Waals surface area (Å²) >= 11 is 0. The molecule has 50 heavy (non-hydrogen) atoms. The molecule has 0 radical (unpaired) electrons. The molecule has 2 heterocycles. The Morgan fingerprint density at radius 1 is 0.480 bits per heavy atom. The van der Waals surface area contributed by atoms with Crippen LogP contribution in [0.2, 0.25) is 0 Å². The molecule has 274 valence electrons. The summed E-state index contributed by atoms with van der Waals surface area (Å²) in [5.74, 6) is -5.04. The monoisotopic (exact) mass is 706 g/mol. The highest BCUT2D eigenvalue weighted by Gasteiger charge is 2.43. The lowest BCUT2D eigenvalue weighted by Gasteiger charge is -2.41. The summed E-state index contributed by atoms with van der Waals surface area (Å²) in [5.41, 5.74) is 1.99. The number of ether oxygens (including phenoxy) is 4. The molecule has 5 fully saturated rings. The first-order chi connectivity index (χ1) is 24.1. The minimum Gasteiger partial charge on any atom is -0.348 e. The minimum atomic E-state index is -1.40. The van der Waals surface area contributed by atoms with Crippen molar-refractivity contribution in [3.63, 3.8) is 0 Å². The van der Waals surface area contributed by atoms with Crippen molar-refractivity contribution in [3.8, 4) is 0 Å². The van der Waals surface area contributed by atoms with E-state index in [2.05, 4.69) is 6.08 Å². The summed E-state index contributed by atoms with van der Waals surface area (Å²) in [7, 11) is 0. The molecule has 2 spiro atoms. The largest absolute Gasteiger partial charge is 0.348 e. The van der Waals surface area contributed by atoms with Crippen LogP contribution in [0.25, 0.3) is 5.57 Å². The second-order valence-electron chi connectivity index (χ2n) is 15.3. The van der Waals surface area contributed by atoms with E-state index in [-0.39, 0.29) is 17.5 Å². The highest BCUT2D eigenvalue weighted by Crippen LogP contribution is 2.47. The second-order valence-corrected chi connectivity index (χ2v) is 15.3. The van der Waals surface area contributed by atoms with E-state index in [1.165, 1.54) is 12.1 Å². The van der Waals surface area contributed by atoms with Crippen molar-refractivity contribution in [1.29, 1.82) is 0 Å². The lowest BCUT2D eigenvalue weighted by Crippen LogP contribution is -2.37. The predicted octanol–water partition coefficient (Wildman–Crippen LogP) is 10.5. The van der Waals surface area contributed by atoms with Gasteiger partial charge in [-0.2, -0.15) is 0 Å². The van der Waals surface area contributed by atoms with E-state index in [1.807, 2.05) is 0 Å². The molecule has 10 heteroatoms. The standard InChI is InChI=1S/C20H25F3O2.C20H23F3O2/c2*21-17-11-16(12-18(22)19(17)23)14-3-1-13(2-4-14)15-5-7-20(8-6-15)24-9-10-25-20/h11-15H,1-10H2;3,11-13,15H,1-2,4-10H2. The summed E-state index contributed by atoms with van der Waals surface area (Å²) in [4.78, 5) is 0. The van der Waals surface area contributed by atoms with Crippen LogP contribution in [0.1, 0.15) is 113 Å². The Morgan fingerprint density at radius 3 is 1.34 bits per heavy atom. The zero-order valence-corrected chi connectivity index (χ0v) is 28.6. The zero-order valence-electron chi connectivity index (χ0n) is 28.6. The lowest BCUT2D eigenvalue weighted by molar-refractivity contribution is -0.185. The Morgan fingerprint density at radius 2 is 0.900 bits per heavy atom. The van der Waals surface area contributed by atoms with Gasteiger partial charge in [-0.25, -0.2) is 26.3 Å². The van der Waals surface area contributed by atoms with Crippen molar-refractivity contribution in [2.75, 3.05) is 26.4 Å². The molecule has 6 aliphatic rings. The smallest absolute Gasteiger partial charge is 0.194 e. The van der Waals surface area contributed by atoms with E-state index >= 15 is 0 Å². The summed E-state index contributed by atoms with van der Waals surface area (Å²) in [6, 6.07) is 4.54. The van der Waals surface area contributed by atoms with E-state index in [4.69, 9.17) is 18.9 Å². The van der Waals surface area contributed by atoms with Gasteiger partial charge in [0.05, 0.1) is 26.4 Å². The van der Waals surface area contributed by atoms with Gasteiger partial charge in [-0.15, -0.1) is 0 Å². The van der Waals surface area contributed by atoms with E-state index in [0.717, 1.165) is 114 Å². The molecule has 0 aromatic heterocycles. The Labute approximate surface area is 290 Å². The summed E-state index contributed by atoms with van der Waals surface area (Å²) in [6.07, 6.45) is 17.1. The van der Waals surface area contributed by atoms with Crippen molar-refractivity contribution < 1.29 is 45.3 Å². The normalized spacial score (nSPS) is 29.5. The molecular formula is C40H48F6O4. The Balaban J connectivity index is 0.000000157. The van der Waals surface area contributed by atoms with Gasteiger partial charge in [-0.3, -0.25) is 0 Å². The third-order valence-corrected chi connectivity index (χ3v) is 12.6. The zero-order chi connectivity index (χ0) is 34.9. The molecule has 2 aromatic rings. The topological polar surface area (TPSA) is 36.9 Å². The second kappa shape index (κ2) is 15.3. The minimum absolute atomic E-state index is 0.136. The molecule has 1 unspecified atom stereocenters. The van der Waals surface area contributed by atoms with Crippen molar-refractivity contribution in [2.45, 2.75) is 114 Å². The first kappa shape index (κ1) is 36.0. The van der Waals surface area contributed by atoms with Gasteiger partial charge >= 0.3 is 0 Å². The van der Waals surface area contributed by atoms with Crippen LogP contribution in [0, 0.1) is 58.6 Å². The molecule has 4 nitrogen and oxygen atoms in total. The number of halogens is 6. The molecular weight excluding hydrogens is 658 g/mol. The number of allylic oxidation sites excluding steroid dienone is 2. The Bertz CT molecular complexity index is 1460. The third-order valence-electron chi connectivity index (χ3n) is 12.6. The van der Waals surface area contributed by atoms with Gasteiger partial charge in [0.25, 0.3) is 0 Å². The van der Waals surface area contributed by atoms with Crippen molar-refractivity contribution in [2.24, 2.45) is 23.7 Å². The third kappa shape index (κ3) is 7.83. The first-order valence-electron chi connectivity index (χ1n) is 18.7. The van der Waals surface area contributed by atoms with Crippen LogP contribution in [0.4, 0.5) is 26.3 Å². The fourth-order valence-electron chi connectivity index (χ4n) is 9.69. The molecule has 1 atom stereocenters. The first-order valence-corrected chi connectivity index (χ1v) is 18.7. The van der Waals surface area contributed by atoms with Gasteiger partial charge < -0.3 is 18.9 Å². The molecule has 0 N–H and O–H groups in total. The average Bonchev–Trinajstić information content (AvgIpc) is 3.80. The number of hydrogen-bond donors (Lipinski definition) is 0. The van der Waals surface area contributed by atoms with E-state index in [0.29, 0.717) is 61.2 Å².